The van der Waals surface area contributed by atoms with Gasteiger partial charge in [0.15, 0.2) is 5.96 Å². The van der Waals surface area contributed by atoms with Gasteiger partial charge in [-0.3, -0.25) is 4.79 Å². The highest BCUT2D eigenvalue weighted by molar-refractivity contribution is 7.11. The van der Waals surface area contributed by atoms with Crippen LogP contribution < -0.4 is 5.32 Å². The van der Waals surface area contributed by atoms with Crippen molar-refractivity contribution < 1.29 is 9.53 Å². The quantitative estimate of drug-likeness (QED) is 0.635. The molecule has 2 saturated heterocycles. The van der Waals surface area contributed by atoms with Gasteiger partial charge in [0.25, 0.3) is 5.91 Å². The molecular formula is C18H29N5O2S. The molecule has 26 heavy (non-hydrogen) atoms. The zero-order valence-corrected chi connectivity index (χ0v) is 16.8. The summed E-state index contributed by atoms with van der Waals surface area (Å²) < 4.78 is 5.54. The van der Waals surface area contributed by atoms with Crippen LogP contribution in [0.5, 0.6) is 0 Å². The summed E-state index contributed by atoms with van der Waals surface area (Å²) in [5.74, 6) is 1.07. The Labute approximate surface area is 159 Å². The third-order valence-corrected chi connectivity index (χ3v) is 5.86. The van der Waals surface area contributed by atoms with Gasteiger partial charge in [-0.1, -0.05) is 0 Å². The predicted molar refractivity (Wildman–Crippen MR) is 104 cm³/mol. The minimum atomic E-state index is -0.221. The lowest BCUT2D eigenvalue weighted by Crippen LogP contribution is -2.55. The summed E-state index contributed by atoms with van der Waals surface area (Å²) in [5.41, 5.74) is 1.07. The zero-order valence-electron chi connectivity index (χ0n) is 16.0. The van der Waals surface area contributed by atoms with Crippen LogP contribution in [-0.4, -0.2) is 72.1 Å². The lowest BCUT2D eigenvalue weighted by Gasteiger charge is -2.37. The number of guanidine groups is 1. The van der Waals surface area contributed by atoms with Gasteiger partial charge in [-0.25, -0.2) is 9.98 Å². The van der Waals surface area contributed by atoms with E-state index in [1.165, 1.54) is 4.88 Å². The first-order valence-corrected chi connectivity index (χ1v) is 10.3. The molecule has 0 aromatic carbocycles. The van der Waals surface area contributed by atoms with E-state index in [9.17, 15) is 4.79 Å². The van der Waals surface area contributed by atoms with Crippen LogP contribution in [0.25, 0.3) is 0 Å². The zero-order chi connectivity index (χ0) is 18.5. The number of amides is 1. The largest absolute Gasteiger partial charge is 0.368 e. The molecule has 0 spiro atoms. The molecule has 7 nitrogen and oxygen atoms in total. The van der Waals surface area contributed by atoms with Gasteiger partial charge in [0, 0.05) is 44.2 Å². The predicted octanol–water partition coefficient (Wildman–Crippen LogP) is 1.55. The highest BCUT2D eigenvalue weighted by Crippen LogP contribution is 2.19. The van der Waals surface area contributed by atoms with Crippen LogP contribution in [0.15, 0.2) is 4.99 Å². The second-order valence-electron chi connectivity index (χ2n) is 6.73. The number of rotatable bonds is 4. The van der Waals surface area contributed by atoms with Crippen molar-refractivity contribution in [2.75, 3.05) is 39.3 Å². The van der Waals surface area contributed by atoms with E-state index in [4.69, 9.17) is 9.73 Å². The average molecular weight is 380 g/mol. The number of piperazine rings is 1. The Kier molecular flexibility index (Phi) is 6.48. The number of carbonyl (C=O) groups is 1. The van der Waals surface area contributed by atoms with E-state index in [0.29, 0.717) is 13.2 Å². The number of thiazole rings is 1. The number of aryl methyl sites for hydroxylation is 2. The van der Waals surface area contributed by atoms with Crippen LogP contribution >= 0.6 is 11.3 Å². The molecule has 2 aliphatic heterocycles. The monoisotopic (exact) mass is 379 g/mol. The topological polar surface area (TPSA) is 70.1 Å². The first kappa shape index (κ1) is 19.1. The molecule has 8 heteroatoms. The van der Waals surface area contributed by atoms with Gasteiger partial charge in [-0.15, -0.1) is 11.3 Å². The fourth-order valence-corrected chi connectivity index (χ4v) is 4.27. The molecule has 0 radical (unpaired) electrons. The van der Waals surface area contributed by atoms with Crippen molar-refractivity contribution >= 4 is 23.2 Å². The number of hydrogen-bond donors (Lipinski definition) is 1. The Morgan fingerprint density at radius 2 is 2.04 bits per heavy atom. The summed E-state index contributed by atoms with van der Waals surface area (Å²) in [6, 6.07) is 0. The van der Waals surface area contributed by atoms with Crippen LogP contribution in [0, 0.1) is 13.8 Å². The Balaban J connectivity index is 1.58. The Morgan fingerprint density at radius 1 is 1.31 bits per heavy atom. The summed E-state index contributed by atoms with van der Waals surface area (Å²) >= 11 is 1.71. The van der Waals surface area contributed by atoms with E-state index in [0.717, 1.165) is 62.2 Å². The third kappa shape index (κ3) is 4.54. The molecule has 1 aromatic heterocycles. The van der Waals surface area contributed by atoms with Crippen molar-refractivity contribution in [1.29, 1.82) is 0 Å². The van der Waals surface area contributed by atoms with Crippen LogP contribution in [-0.2, 0) is 16.1 Å². The van der Waals surface area contributed by atoms with Crippen molar-refractivity contribution in [3.8, 4) is 0 Å². The number of ether oxygens (including phenoxy) is 1. The number of carbonyl (C=O) groups excluding carboxylic acids is 1. The molecular weight excluding hydrogens is 350 g/mol. The van der Waals surface area contributed by atoms with Crippen LogP contribution in [0.4, 0.5) is 0 Å². The molecule has 0 bridgehead atoms. The number of nitrogens with zero attached hydrogens (tertiary/aromatic N) is 4. The van der Waals surface area contributed by atoms with E-state index >= 15 is 0 Å². The molecule has 3 rings (SSSR count). The summed E-state index contributed by atoms with van der Waals surface area (Å²) in [6.45, 7) is 11.4. The highest BCUT2D eigenvalue weighted by Gasteiger charge is 2.30. The smallest absolute Gasteiger partial charge is 0.251 e. The number of aromatic nitrogens is 1. The standard InChI is InChI=1S/C18H29N5O2S/c1-4-19-18(20-12-16-13(2)21-14(3)26-16)23-9-7-22(8-10-23)17(24)15-6-5-11-25-15/h15H,4-12H2,1-3H3,(H,19,20). The summed E-state index contributed by atoms with van der Waals surface area (Å²) in [7, 11) is 0. The molecule has 2 fully saturated rings. The molecule has 2 aliphatic rings. The lowest BCUT2D eigenvalue weighted by molar-refractivity contribution is -0.142. The van der Waals surface area contributed by atoms with Gasteiger partial charge < -0.3 is 19.9 Å². The summed E-state index contributed by atoms with van der Waals surface area (Å²) in [5, 5.41) is 4.46. The minimum absolute atomic E-state index is 0.153. The highest BCUT2D eigenvalue weighted by atomic mass is 32.1. The van der Waals surface area contributed by atoms with E-state index in [-0.39, 0.29) is 12.0 Å². The molecule has 1 N–H and O–H groups in total. The maximum atomic E-state index is 12.5. The SMILES string of the molecule is CCNC(=NCc1sc(C)nc1C)N1CCN(C(=O)C2CCCO2)CC1. The van der Waals surface area contributed by atoms with Crippen molar-refractivity contribution in [3.63, 3.8) is 0 Å². The van der Waals surface area contributed by atoms with Gasteiger partial charge >= 0.3 is 0 Å². The van der Waals surface area contributed by atoms with Crippen molar-refractivity contribution in [2.45, 2.75) is 46.3 Å². The third-order valence-electron chi connectivity index (χ3n) is 4.80. The number of aliphatic imine (C=N–C) groups is 1. The van der Waals surface area contributed by atoms with E-state index in [1.54, 1.807) is 11.3 Å². The molecule has 0 aliphatic carbocycles. The van der Waals surface area contributed by atoms with E-state index in [1.807, 2.05) is 18.7 Å². The Bertz CT molecular complexity index is 646. The molecule has 144 valence electrons. The second-order valence-corrected chi connectivity index (χ2v) is 8.01. The molecule has 1 aromatic rings. The van der Waals surface area contributed by atoms with Gasteiger partial charge in [0.2, 0.25) is 0 Å². The fourth-order valence-electron chi connectivity index (χ4n) is 3.41. The Hall–Kier alpha value is -1.67. The van der Waals surface area contributed by atoms with Crippen molar-refractivity contribution in [2.24, 2.45) is 4.99 Å². The molecule has 1 atom stereocenters. The molecule has 1 amide bonds. The van der Waals surface area contributed by atoms with Crippen molar-refractivity contribution in [1.82, 2.24) is 20.1 Å². The second kappa shape index (κ2) is 8.81. The molecule has 3 heterocycles. The number of hydrogen-bond acceptors (Lipinski definition) is 5. The van der Waals surface area contributed by atoms with E-state index in [2.05, 4.69) is 22.1 Å². The van der Waals surface area contributed by atoms with Gasteiger partial charge in [-0.2, -0.15) is 0 Å². The Morgan fingerprint density at radius 3 is 2.62 bits per heavy atom. The first-order valence-electron chi connectivity index (χ1n) is 9.45. The van der Waals surface area contributed by atoms with Crippen molar-refractivity contribution in [3.05, 3.63) is 15.6 Å². The maximum Gasteiger partial charge on any atom is 0.251 e. The van der Waals surface area contributed by atoms with Crippen LogP contribution in [0.1, 0.15) is 35.3 Å². The van der Waals surface area contributed by atoms with Crippen LogP contribution in [0.3, 0.4) is 0 Å². The van der Waals surface area contributed by atoms with E-state index < -0.39 is 0 Å². The summed E-state index contributed by atoms with van der Waals surface area (Å²) in [6.07, 6.45) is 1.63. The van der Waals surface area contributed by atoms with Crippen LogP contribution in [0.2, 0.25) is 0 Å². The minimum Gasteiger partial charge on any atom is -0.368 e. The normalized spacial score (nSPS) is 21.3. The molecule has 0 saturated carbocycles. The average Bonchev–Trinajstić information content (AvgIpc) is 3.28. The first-order chi connectivity index (χ1) is 12.6. The lowest BCUT2D eigenvalue weighted by atomic mass is 10.2. The van der Waals surface area contributed by atoms with Gasteiger partial charge in [0.1, 0.15) is 6.10 Å². The maximum absolute atomic E-state index is 12.5. The summed E-state index contributed by atoms with van der Waals surface area (Å²) in [4.78, 5) is 27.2. The molecule has 1 unspecified atom stereocenters. The fraction of sp³-hybridized carbons (Fsp3) is 0.722. The van der Waals surface area contributed by atoms with Gasteiger partial charge in [-0.05, 0) is 33.6 Å². The number of nitrogens with one attached hydrogen (secondary N) is 1. The van der Waals surface area contributed by atoms with Gasteiger partial charge in [0.05, 0.1) is 17.2 Å².